The first-order valence-corrected chi connectivity index (χ1v) is 10.8. The Morgan fingerprint density at radius 1 is 1.18 bits per heavy atom. The van der Waals surface area contributed by atoms with Crippen molar-refractivity contribution in [2.24, 2.45) is 0 Å². The number of nitrogens with zero attached hydrogens (tertiary/aromatic N) is 4. The summed E-state index contributed by atoms with van der Waals surface area (Å²) < 4.78 is 2.23. The van der Waals surface area contributed by atoms with Crippen LogP contribution in [0.15, 0.2) is 23.4 Å². The zero-order chi connectivity index (χ0) is 20.0. The normalized spacial score (nSPS) is 17.1. The number of ketones is 1. The van der Waals surface area contributed by atoms with Crippen molar-refractivity contribution in [2.75, 3.05) is 11.4 Å². The van der Waals surface area contributed by atoms with Crippen LogP contribution < -0.4 is 4.90 Å². The molecule has 28 heavy (non-hydrogen) atoms. The summed E-state index contributed by atoms with van der Waals surface area (Å²) in [5.41, 5.74) is 2.70. The van der Waals surface area contributed by atoms with E-state index in [2.05, 4.69) is 28.6 Å². The number of rotatable bonds is 6. The van der Waals surface area contributed by atoms with E-state index in [9.17, 15) is 9.59 Å². The van der Waals surface area contributed by atoms with E-state index in [4.69, 9.17) is 0 Å². The van der Waals surface area contributed by atoms with Crippen LogP contribution in [-0.2, 0) is 11.2 Å². The molecule has 1 aromatic carbocycles. The van der Waals surface area contributed by atoms with E-state index < -0.39 is 0 Å². The van der Waals surface area contributed by atoms with Gasteiger partial charge in [0.25, 0.3) is 0 Å². The maximum absolute atomic E-state index is 13.0. The first kappa shape index (κ1) is 19.2. The van der Waals surface area contributed by atoms with Gasteiger partial charge in [0, 0.05) is 36.7 Å². The van der Waals surface area contributed by atoms with Crippen LogP contribution >= 0.6 is 11.8 Å². The zero-order valence-corrected chi connectivity index (χ0v) is 17.6. The highest BCUT2D eigenvalue weighted by molar-refractivity contribution is 8.00. The van der Waals surface area contributed by atoms with Crippen LogP contribution in [0.5, 0.6) is 0 Å². The predicted molar refractivity (Wildman–Crippen MR) is 110 cm³/mol. The topological polar surface area (TPSA) is 68.1 Å². The maximum atomic E-state index is 13.0. The molecule has 1 fully saturated rings. The lowest BCUT2D eigenvalue weighted by Gasteiger charge is -2.16. The quantitative estimate of drug-likeness (QED) is 0.543. The third kappa shape index (κ3) is 3.48. The Morgan fingerprint density at radius 2 is 1.93 bits per heavy atom. The molecule has 0 bridgehead atoms. The fraction of sp³-hybridized carbons (Fsp3) is 0.524. The first-order chi connectivity index (χ1) is 13.4. The molecular formula is C21H26N4O2S. The summed E-state index contributed by atoms with van der Waals surface area (Å²) in [5, 5.41) is 9.36. The van der Waals surface area contributed by atoms with E-state index in [1.807, 2.05) is 25.1 Å². The maximum Gasteiger partial charge on any atom is 0.223 e. The summed E-state index contributed by atoms with van der Waals surface area (Å²) in [5.74, 6) is 1.45. The number of benzene rings is 1. The SMILES string of the molecule is CC(=O)N1CCc2cc(C(=O)C(C)Sc3nnc(C(C)C)n3C3CC3)ccc21. The standard InChI is InChI=1S/C21H26N4O2S/c1-12(2)20-22-23-21(25(20)17-6-7-17)28-13(3)19(27)16-5-8-18-15(11-16)9-10-24(18)14(4)26/h5,8,11-13,17H,6-7,9-10H2,1-4H3. The van der Waals surface area contributed by atoms with Crippen LogP contribution in [0.25, 0.3) is 0 Å². The van der Waals surface area contributed by atoms with Gasteiger partial charge < -0.3 is 9.47 Å². The molecule has 4 rings (SSSR count). The van der Waals surface area contributed by atoms with E-state index in [0.29, 0.717) is 24.1 Å². The monoisotopic (exact) mass is 398 g/mol. The molecule has 148 valence electrons. The second-order valence-electron chi connectivity index (χ2n) is 7.99. The number of carbonyl (C=O) groups is 2. The lowest BCUT2D eigenvalue weighted by atomic mass is 10.0. The Labute approximate surface area is 169 Å². The third-order valence-electron chi connectivity index (χ3n) is 5.41. The van der Waals surface area contributed by atoms with Crippen molar-refractivity contribution in [3.8, 4) is 0 Å². The molecule has 0 spiro atoms. The minimum atomic E-state index is -0.245. The van der Waals surface area contributed by atoms with Crippen molar-refractivity contribution < 1.29 is 9.59 Å². The van der Waals surface area contributed by atoms with Gasteiger partial charge in [-0.15, -0.1) is 10.2 Å². The number of amides is 1. The molecule has 1 saturated carbocycles. The molecule has 2 heterocycles. The number of hydrogen-bond acceptors (Lipinski definition) is 5. The lowest BCUT2D eigenvalue weighted by Crippen LogP contribution is -2.25. The Hall–Kier alpha value is -2.15. The van der Waals surface area contributed by atoms with E-state index in [0.717, 1.165) is 41.5 Å². The van der Waals surface area contributed by atoms with Crippen LogP contribution in [0.1, 0.15) is 74.2 Å². The Morgan fingerprint density at radius 3 is 2.57 bits per heavy atom. The van der Waals surface area contributed by atoms with Gasteiger partial charge >= 0.3 is 0 Å². The van der Waals surface area contributed by atoms with Crippen LogP contribution in [0.4, 0.5) is 5.69 Å². The largest absolute Gasteiger partial charge is 0.312 e. The molecule has 0 N–H and O–H groups in total. The lowest BCUT2D eigenvalue weighted by molar-refractivity contribution is -0.116. The van der Waals surface area contributed by atoms with Gasteiger partial charge in [-0.3, -0.25) is 9.59 Å². The highest BCUT2D eigenvalue weighted by atomic mass is 32.2. The van der Waals surface area contributed by atoms with Crippen molar-refractivity contribution in [1.82, 2.24) is 14.8 Å². The molecule has 0 saturated heterocycles. The molecule has 0 radical (unpaired) electrons. The Kier molecular flexibility index (Phi) is 5.04. The van der Waals surface area contributed by atoms with Crippen molar-refractivity contribution in [2.45, 2.75) is 69.3 Å². The minimum Gasteiger partial charge on any atom is -0.312 e. The van der Waals surface area contributed by atoms with E-state index in [1.165, 1.54) is 11.8 Å². The fourth-order valence-corrected chi connectivity index (χ4v) is 4.77. The van der Waals surface area contributed by atoms with Crippen LogP contribution in [0.3, 0.4) is 0 Å². The van der Waals surface area contributed by atoms with E-state index in [1.54, 1.807) is 11.8 Å². The number of fused-ring (bicyclic) bond motifs is 1. The third-order valence-corrected chi connectivity index (χ3v) is 6.47. The van der Waals surface area contributed by atoms with E-state index in [-0.39, 0.29) is 16.9 Å². The highest BCUT2D eigenvalue weighted by Crippen LogP contribution is 2.41. The smallest absolute Gasteiger partial charge is 0.223 e. The predicted octanol–water partition coefficient (Wildman–Crippen LogP) is 4.01. The molecule has 1 unspecified atom stereocenters. The van der Waals surface area contributed by atoms with Gasteiger partial charge in [-0.2, -0.15) is 0 Å². The van der Waals surface area contributed by atoms with Crippen molar-refractivity contribution >= 4 is 29.1 Å². The molecule has 6 nitrogen and oxygen atoms in total. The number of Topliss-reactive ketones (excluding diaryl/α,β-unsaturated/α-hetero) is 1. The van der Waals surface area contributed by atoms with Crippen LogP contribution in [0.2, 0.25) is 0 Å². The number of aromatic nitrogens is 3. The minimum absolute atomic E-state index is 0.0436. The summed E-state index contributed by atoms with van der Waals surface area (Å²) in [6.07, 6.45) is 3.11. The second kappa shape index (κ2) is 7.35. The Bertz CT molecular complexity index is 932. The molecular weight excluding hydrogens is 372 g/mol. The van der Waals surface area contributed by atoms with Gasteiger partial charge in [-0.05, 0) is 49.9 Å². The molecule has 7 heteroatoms. The van der Waals surface area contributed by atoms with Crippen molar-refractivity contribution in [3.63, 3.8) is 0 Å². The summed E-state index contributed by atoms with van der Waals surface area (Å²) in [7, 11) is 0. The fourth-order valence-electron chi connectivity index (χ4n) is 3.77. The van der Waals surface area contributed by atoms with Gasteiger partial charge in [0.2, 0.25) is 5.91 Å². The Balaban J connectivity index is 1.53. The van der Waals surface area contributed by atoms with E-state index >= 15 is 0 Å². The molecule has 1 amide bonds. The van der Waals surface area contributed by atoms with Gasteiger partial charge in [0.1, 0.15) is 5.82 Å². The molecule has 1 aromatic heterocycles. The average molecular weight is 399 g/mol. The molecule has 1 atom stereocenters. The molecule has 2 aliphatic rings. The molecule has 1 aliphatic heterocycles. The van der Waals surface area contributed by atoms with Crippen LogP contribution in [-0.4, -0.2) is 38.2 Å². The summed E-state index contributed by atoms with van der Waals surface area (Å²) in [4.78, 5) is 26.5. The number of thioether (sulfide) groups is 1. The number of anilines is 1. The zero-order valence-electron chi connectivity index (χ0n) is 16.8. The average Bonchev–Trinajstić information content (AvgIpc) is 3.26. The number of carbonyl (C=O) groups excluding carboxylic acids is 2. The van der Waals surface area contributed by atoms with Gasteiger partial charge in [0.15, 0.2) is 10.9 Å². The summed E-state index contributed by atoms with van der Waals surface area (Å²) >= 11 is 1.49. The molecule has 2 aromatic rings. The van der Waals surface area contributed by atoms with Crippen LogP contribution in [0, 0.1) is 0 Å². The summed E-state index contributed by atoms with van der Waals surface area (Å²) in [6, 6.07) is 6.17. The second-order valence-corrected chi connectivity index (χ2v) is 9.29. The van der Waals surface area contributed by atoms with Gasteiger partial charge in [-0.25, -0.2) is 0 Å². The van der Waals surface area contributed by atoms with Gasteiger partial charge in [-0.1, -0.05) is 25.6 Å². The summed E-state index contributed by atoms with van der Waals surface area (Å²) in [6.45, 7) is 8.45. The number of hydrogen-bond donors (Lipinski definition) is 0. The van der Waals surface area contributed by atoms with Crippen molar-refractivity contribution in [1.29, 1.82) is 0 Å². The highest BCUT2D eigenvalue weighted by Gasteiger charge is 2.32. The first-order valence-electron chi connectivity index (χ1n) is 9.93. The van der Waals surface area contributed by atoms with Crippen molar-refractivity contribution in [3.05, 3.63) is 35.2 Å². The van der Waals surface area contributed by atoms with Gasteiger partial charge in [0.05, 0.1) is 5.25 Å². The molecule has 1 aliphatic carbocycles.